The SMILES string of the molecule is COc1ccc2c(NCC(O)CO)cc(-c3ccccc3)nc2c1.Cl. The number of anilines is 1. The first kappa shape index (κ1) is 19.0. The molecule has 0 fully saturated rings. The van der Waals surface area contributed by atoms with Crippen LogP contribution in [0.25, 0.3) is 22.2 Å². The molecule has 0 spiro atoms. The smallest absolute Gasteiger partial charge is 0.121 e. The number of hydrogen-bond acceptors (Lipinski definition) is 5. The molecule has 25 heavy (non-hydrogen) atoms. The van der Waals surface area contributed by atoms with Gasteiger partial charge in [-0.25, -0.2) is 4.98 Å². The average molecular weight is 361 g/mol. The third kappa shape index (κ3) is 4.39. The number of aliphatic hydroxyl groups is 2. The monoisotopic (exact) mass is 360 g/mol. The van der Waals surface area contributed by atoms with Gasteiger partial charge in [-0.05, 0) is 18.2 Å². The molecule has 0 saturated carbocycles. The van der Waals surface area contributed by atoms with Crippen molar-refractivity contribution in [2.45, 2.75) is 6.10 Å². The largest absolute Gasteiger partial charge is 0.497 e. The molecule has 3 N–H and O–H groups in total. The van der Waals surface area contributed by atoms with Crippen molar-refractivity contribution >= 4 is 29.0 Å². The van der Waals surface area contributed by atoms with Crippen LogP contribution in [-0.2, 0) is 0 Å². The van der Waals surface area contributed by atoms with Crippen LogP contribution >= 0.6 is 12.4 Å². The summed E-state index contributed by atoms with van der Waals surface area (Å²) in [5, 5.41) is 22.7. The van der Waals surface area contributed by atoms with Gasteiger partial charge >= 0.3 is 0 Å². The molecule has 0 aliphatic heterocycles. The summed E-state index contributed by atoms with van der Waals surface area (Å²) in [6.07, 6.45) is -0.813. The molecule has 3 rings (SSSR count). The van der Waals surface area contributed by atoms with E-state index in [0.29, 0.717) is 0 Å². The van der Waals surface area contributed by atoms with Crippen LogP contribution in [0.15, 0.2) is 54.6 Å². The Labute approximate surface area is 152 Å². The first-order chi connectivity index (χ1) is 11.7. The number of methoxy groups -OCH3 is 1. The predicted molar refractivity (Wildman–Crippen MR) is 103 cm³/mol. The minimum absolute atomic E-state index is 0. The second-order valence-electron chi connectivity index (χ2n) is 5.52. The molecule has 0 saturated heterocycles. The maximum Gasteiger partial charge on any atom is 0.121 e. The van der Waals surface area contributed by atoms with E-state index in [4.69, 9.17) is 14.8 Å². The highest BCUT2D eigenvalue weighted by molar-refractivity contribution is 5.94. The van der Waals surface area contributed by atoms with Gasteiger partial charge in [0.05, 0.1) is 31.0 Å². The van der Waals surface area contributed by atoms with Crippen molar-refractivity contribution < 1.29 is 14.9 Å². The summed E-state index contributed by atoms with van der Waals surface area (Å²) < 4.78 is 5.29. The Morgan fingerprint density at radius 2 is 1.88 bits per heavy atom. The summed E-state index contributed by atoms with van der Waals surface area (Å²) in [6, 6.07) is 17.5. The number of aliphatic hydroxyl groups excluding tert-OH is 2. The molecule has 5 nitrogen and oxygen atoms in total. The molecule has 1 atom stereocenters. The van der Waals surface area contributed by atoms with Crippen LogP contribution in [0.2, 0.25) is 0 Å². The summed E-state index contributed by atoms with van der Waals surface area (Å²) >= 11 is 0. The highest BCUT2D eigenvalue weighted by atomic mass is 35.5. The lowest BCUT2D eigenvalue weighted by Gasteiger charge is -2.14. The third-order valence-corrected chi connectivity index (χ3v) is 3.83. The number of nitrogens with zero attached hydrogens (tertiary/aromatic N) is 1. The van der Waals surface area contributed by atoms with Crippen LogP contribution in [0, 0.1) is 0 Å². The zero-order chi connectivity index (χ0) is 16.9. The van der Waals surface area contributed by atoms with Crippen LogP contribution < -0.4 is 10.1 Å². The quantitative estimate of drug-likeness (QED) is 0.630. The fourth-order valence-corrected chi connectivity index (χ4v) is 2.53. The van der Waals surface area contributed by atoms with Crippen molar-refractivity contribution in [3.8, 4) is 17.0 Å². The zero-order valence-electron chi connectivity index (χ0n) is 13.8. The summed E-state index contributed by atoms with van der Waals surface area (Å²) in [5.41, 5.74) is 3.50. The van der Waals surface area contributed by atoms with E-state index < -0.39 is 6.10 Å². The third-order valence-electron chi connectivity index (χ3n) is 3.83. The molecule has 6 heteroatoms. The van der Waals surface area contributed by atoms with Gasteiger partial charge in [0.2, 0.25) is 0 Å². The van der Waals surface area contributed by atoms with Gasteiger partial charge in [-0.3, -0.25) is 0 Å². The van der Waals surface area contributed by atoms with Gasteiger partial charge in [0.15, 0.2) is 0 Å². The lowest BCUT2D eigenvalue weighted by atomic mass is 10.1. The standard InChI is InChI=1S/C19H20N2O3.ClH/c1-24-15-7-8-16-18(20-11-14(23)12-22)10-17(21-19(16)9-15)13-5-3-2-4-6-13;/h2-10,14,22-23H,11-12H2,1H3,(H,20,21);1H. The Bertz CT molecular complexity index is 828. The molecule has 0 amide bonds. The molecule has 1 aromatic heterocycles. The Morgan fingerprint density at radius 1 is 1.12 bits per heavy atom. The van der Waals surface area contributed by atoms with Crippen molar-refractivity contribution in [2.24, 2.45) is 0 Å². The Balaban J connectivity index is 0.00000225. The maximum absolute atomic E-state index is 9.61. The minimum atomic E-state index is -0.813. The van der Waals surface area contributed by atoms with E-state index in [1.54, 1.807) is 7.11 Å². The topological polar surface area (TPSA) is 74.6 Å². The van der Waals surface area contributed by atoms with Crippen molar-refractivity contribution in [1.82, 2.24) is 4.98 Å². The number of aromatic nitrogens is 1. The fraction of sp³-hybridized carbons (Fsp3) is 0.211. The van der Waals surface area contributed by atoms with Crippen LogP contribution in [0.4, 0.5) is 5.69 Å². The number of halogens is 1. The summed E-state index contributed by atoms with van der Waals surface area (Å²) in [7, 11) is 1.62. The van der Waals surface area contributed by atoms with Gasteiger partial charge in [-0.15, -0.1) is 12.4 Å². The van der Waals surface area contributed by atoms with Crippen LogP contribution in [0.1, 0.15) is 0 Å². The number of ether oxygens (including phenoxy) is 1. The molecule has 132 valence electrons. The highest BCUT2D eigenvalue weighted by Gasteiger charge is 2.10. The van der Waals surface area contributed by atoms with Gasteiger partial charge < -0.3 is 20.3 Å². The van der Waals surface area contributed by atoms with Crippen LogP contribution in [0.5, 0.6) is 5.75 Å². The number of benzene rings is 2. The summed E-state index contributed by atoms with van der Waals surface area (Å²) in [6.45, 7) is -0.0226. The first-order valence-corrected chi connectivity index (χ1v) is 7.78. The molecule has 0 bridgehead atoms. The first-order valence-electron chi connectivity index (χ1n) is 7.78. The van der Waals surface area contributed by atoms with E-state index in [9.17, 15) is 5.11 Å². The second kappa shape index (κ2) is 8.67. The number of hydrogen-bond donors (Lipinski definition) is 3. The van der Waals surface area contributed by atoms with Crippen molar-refractivity contribution in [2.75, 3.05) is 25.6 Å². The number of nitrogens with one attached hydrogen (secondary N) is 1. The Kier molecular flexibility index (Phi) is 6.58. The fourth-order valence-electron chi connectivity index (χ4n) is 2.53. The molecule has 0 aliphatic rings. The predicted octanol–water partition coefficient (Wildman–Crippen LogP) is 3.10. The molecule has 3 aromatic rings. The molecule has 1 unspecified atom stereocenters. The van der Waals surface area contributed by atoms with Crippen LogP contribution in [0.3, 0.4) is 0 Å². The number of fused-ring (bicyclic) bond motifs is 1. The average Bonchev–Trinajstić information content (AvgIpc) is 2.65. The van der Waals surface area contributed by atoms with Crippen molar-refractivity contribution in [3.63, 3.8) is 0 Å². The van der Waals surface area contributed by atoms with E-state index in [1.807, 2.05) is 54.6 Å². The highest BCUT2D eigenvalue weighted by Crippen LogP contribution is 2.30. The molecular weight excluding hydrogens is 340 g/mol. The van der Waals surface area contributed by atoms with E-state index in [2.05, 4.69) is 5.32 Å². The van der Waals surface area contributed by atoms with E-state index in [0.717, 1.165) is 33.6 Å². The lowest BCUT2D eigenvalue weighted by Crippen LogP contribution is -2.23. The minimum Gasteiger partial charge on any atom is -0.497 e. The summed E-state index contributed by atoms with van der Waals surface area (Å²) in [4.78, 5) is 4.73. The number of pyridine rings is 1. The van der Waals surface area contributed by atoms with E-state index >= 15 is 0 Å². The molecule has 0 aliphatic carbocycles. The maximum atomic E-state index is 9.61. The van der Waals surface area contributed by atoms with Crippen LogP contribution in [-0.4, -0.2) is 41.6 Å². The molecule has 1 heterocycles. The van der Waals surface area contributed by atoms with E-state index in [-0.39, 0.29) is 25.6 Å². The second-order valence-corrected chi connectivity index (χ2v) is 5.52. The normalized spacial score (nSPS) is 11.6. The molecule has 2 aromatic carbocycles. The summed E-state index contributed by atoms with van der Waals surface area (Å²) in [5.74, 6) is 0.738. The molecular formula is C19H21ClN2O3. The van der Waals surface area contributed by atoms with Gasteiger partial charge in [0, 0.05) is 29.2 Å². The lowest BCUT2D eigenvalue weighted by molar-refractivity contribution is 0.105. The Morgan fingerprint density at radius 3 is 2.56 bits per heavy atom. The van der Waals surface area contributed by atoms with Crippen molar-refractivity contribution in [3.05, 3.63) is 54.6 Å². The van der Waals surface area contributed by atoms with Crippen molar-refractivity contribution in [1.29, 1.82) is 0 Å². The molecule has 0 radical (unpaired) electrons. The van der Waals surface area contributed by atoms with Gasteiger partial charge in [-0.1, -0.05) is 30.3 Å². The number of rotatable bonds is 6. The van der Waals surface area contributed by atoms with Gasteiger partial charge in [0.25, 0.3) is 0 Å². The van der Waals surface area contributed by atoms with Gasteiger partial charge in [0.1, 0.15) is 5.75 Å². The Hall–Kier alpha value is -2.34. The van der Waals surface area contributed by atoms with Gasteiger partial charge in [-0.2, -0.15) is 0 Å². The zero-order valence-corrected chi connectivity index (χ0v) is 14.7. The van der Waals surface area contributed by atoms with E-state index in [1.165, 1.54) is 0 Å².